The van der Waals surface area contributed by atoms with E-state index in [1.54, 1.807) is 50.2 Å². The van der Waals surface area contributed by atoms with E-state index in [1.807, 2.05) is 6.07 Å². The summed E-state index contributed by atoms with van der Waals surface area (Å²) in [6, 6.07) is 8.08. The highest BCUT2D eigenvalue weighted by Crippen LogP contribution is 2.25. The van der Waals surface area contributed by atoms with Gasteiger partial charge in [-0.15, -0.1) is 0 Å². The van der Waals surface area contributed by atoms with Crippen molar-refractivity contribution in [2.75, 3.05) is 14.1 Å². The van der Waals surface area contributed by atoms with E-state index in [1.165, 1.54) is 0 Å². The molecule has 1 aromatic rings. The van der Waals surface area contributed by atoms with Gasteiger partial charge in [0.05, 0.1) is 17.7 Å². The van der Waals surface area contributed by atoms with Gasteiger partial charge in [0.1, 0.15) is 12.2 Å². The minimum Gasteiger partial charge on any atom is -0.454 e. The molecular formula is C15H21NO5. The van der Waals surface area contributed by atoms with Crippen LogP contribution in [-0.4, -0.2) is 65.8 Å². The van der Waals surface area contributed by atoms with Gasteiger partial charge >= 0.3 is 5.97 Å². The summed E-state index contributed by atoms with van der Waals surface area (Å²) in [5.74, 6) is -0.480. The van der Waals surface area contributed by atoms with Gasteiger partial charge in [0.15, 0.2) is 6.29 Å². The van der Waals surface area contributed by atoms with E-state index < -0.39 is 36.6 Å². The van der Waals surface area contributed by atoms with E-state index in [0.29, 0.717) is 5.56 Å². The second kappa shape index (κ2) is 6.53. The molecule has 1 heterocycles. The first-order valence-corrected chi connectivity index (χ1v) is 6.86. The van der Waals surface area contributed by atoms with Gasteiger partial charge in [-0.3, -0.25) is 0 Å². The summed E-state index contributed by atoms with van der Waals surface area (Å²) in [6.07, 6.45) is -3.64. The zero-order valence-corrected chi connectivity index (χ0v) is 12.3. The van der Waals surface area contributed by atoms with Crippen LogP contribution in [-0.2, 0) is 9.47 Å². The molecule has 0 spiro atoms. The molecule has 1 aromatic carbocycles. The molecule has 1 aliphatic rings. The molecule has 1 fully saturated rings. The van der Waals surface area contributed by atoms with E-state index in [-0.39, 0.29) is 0 Å². The molecule has 1 aliphatic heterocycles. The molecule has 3 unspecified atom stereocenters. The molecule has 0 radical (unpaired) electrons. The van der Waals surface area contributed by atoms with Crippen molar-refractivity contribution in [3.63, 3.8) is 0 Å². The van der Waals surface area contributed by atoms with Crippen LogP contribution in [0.5, 0.6) is 0 Å². The van der Waals surface area contributed by atoms with Gasteiger partial charge < -0.3 is 24.6 Å². The highest BCUT2D eigenvalue weighted by molar-refractivity contribution is 5.89. The fourth-order valence-electron chi connectivity index (χ4n) is 2.55. The summed E-state index contributed by atoms with van der Waals surface area (Å²) in [4.78, 5) is 13.9. The number of likely N-dealkylation sites (N-methyl/N-ethyl adjacent to an activating group) is 1. The maximum absolute atomic E-state index is 12.2. The van der Waals surface area contributed by atoms with Gasteiger partial charge in [0.2, 0.25) is 0 Å². The largest absolute Gasteiger partial charge is 0.454 e. The quantitative estimate of drug-likeness (QED) is 0.778. The van der Waals surface area contributed by atoms with Crippen LogP contribution in [0, 0.1) is 0 Å². The van der Waals surface area contributed by atoms with Crippen molar-refractivity contribution in [2.24, 2.45) is 0 Å². The molecule has 2 N–H and O–H groups in total. The predicted molar refractivity (Wildman–Crippen MR) is 75.7 cm³/mol. The second-order valence-corrected chi connectivity index (χ2v) is 5.41. The maximum Gasteiger partial charge on any atom is 0.338 e. The maximum atomic E-state index is 12.2. The Labute approximate surface area is 123 Å². The number of hydrogen-bond donors (Lipinski definition) is 2. The van der Waals surface area contributed by atoms with Gasteiger partial charge in [0.25, 0.3) is 0 Å². The lowest BCUT2D eigenvalue weighted by Crippen LogP contribution is -2.62. The summed E-state index contributed by atoms with van der Waals surface area (Å²) in [5, 5.41) is 19.8. The first-order valence-electron chi connectivity index (χ1n) is 6.86. The average Bonchev–Trinajstić information content (AvgIpc) is 2.45. The monoisotopic (exact) mass is 295 g/mol. The number of benzene rings is 1. The zero-order valence-electron chi connectivity index (χ0n) is 12.3. The summed E-state index contributed by atoms with van der Waals surface area (Å²) in [6.45, 7) is 1.70. The number of aliphatic hydroxyl groups excluding tert-OH is 2. The van der Waals surface area contributed by atoms with E-state index in [4.69, 9.17) is 9.47 Å². The highest BCUT2D eigenvalue weighted by atomic mass is 16.6. The van der Waals surface area contributed by atoms with Crippen LogP contribution in [0.1, 0.15) is 17.3 Å². The van der Waals surface area contributed by atoms with Crippen molar-refractivity contribution >= 4 is 5.97 Å². The second-order valence-electron chi connectivity index (χ2n) is 5.41. The minimum atomic E-state index is -1.29. The first kappa shape index (κ1) is 15.9. The Morgan fingerprint density at radius 2 is 1.86 bits per heavy atom. The minimum absolute atomic E-state index is 0.433. The van der Waals surface area contributed by atoms with E-state index in [2.05, 4.69) is 0 Å². The van der Waals surface area contributed by atoms with Crippen molar-refractivity contribution in [3.8, 4) is 0 Å². The zero-order chi connectivity index (χ0) is 15.6. The fourth-order valence-corrected chi connectivity index (χ4v) is 2.55. The number of ether oxygens (including phenoxy) is 2. The van der Waals surface area contributed by atoms with Crippen molar-refractivity contribution < 1.29 is 24.5 Å². The number of carbonyl (C=O) groups excluding carboxylic acids is 1. The molecular weight excluding hydrogens is 274 g/mol. The van der Waals surface area contributed by atoms with E-state index in [9.17, 15) is 15.0 Å². The molecule has 116 valence electrons. The molecule has 6 heteroatoms. The average molecular weight is 295 g/mol. The van der Waals surface area contributed by atoms with Crippen LogP contribution in [0.2, 0.25) is 0 Å². The molecule has 21 heavy (non-hydrogen) atoms. The van der Waals surface area contributed by atoms with Gasteiger partial charge in [-0.05, 0) is 33.2 Å². The van der Waals surface area contributed by atoms with Crippen LogP contribution >= 0.6 is 0 Å². The normalized spacial score (nSPS) is 33.0. The van der Waals surface area contributed by atoms with Crippen molar-refractivity contribution in [1.29, 1.82) is 0 Å². The molecule has 0 aliphatic carbocycles. The van der Waals surface area contributed by atoms with E-state index in [0.717, 1.165) is 0 Å². The molecule has 0 saturated carbocycles. The van der Waals surface area contributed by atoms with Crippen molar-refractivity contribution in [2.45, 2.75) is 37.6 Å². The molecule has 6 nitrogen and oxygen atoms in total. The SMILES string of the molecule is CC1O[C@@H](O)C(O)C(N(C)C)[C@@H]1OC(=O)c1ccccc1. The molecule has 1 saturated heterocycles. The summed E-state index contributed by atoms with van der Waals surface area (Å²) >= 11 is 0. The Bertz CT molecular complexity index is 478. The van der Waals surface area contributed by atoms with Gasteiger partial charge in [-0.25, -0.2) is 4.79 Å². The van der Waals surface area contributed by atoms with Crippen molar-refractivity contribution in [3.05, 3.63) is 35.9 Å². The number of carbonyl (C=O) groups is 1. The lowest BCUT2D eigenvalue weighted by atomic mass is 9.95. The number of esters is 1. The predicted octanol–water partition coefficient (Wildman–Crippen LogP) is 0.240. The number of rotatable bonds is 3. The standard InChI is InChI=1S/C15H21NO5/c1-9-13(11(16(2)3)12(17)15(19)20-9)21-14(18)10-7-5-4-6-8-10/h4-9,11-13,15,17,19H,1-3H3/t9?,11?,12?,13-,15-/m1/s1. The van der Waals surface area contributed by atoms with Crippen molar-refractivity contribution in [1.82, 2.24) is 4.90 Å². The third-order valence-corrected chi connectivity index (χ3v) is 3.64. The Balaban J connectivity index is 2.17. The third-order valence-electron chi connectivity index (χ3n) is 3.64. The van der Waals surface area contributed by atoms with Gasteiger partial charge in [-0.2, -0.15) is 0 Å². The van der Waals surface area contributed by atoms with E-state index >= 15 is 0 Å². The van der Waals surface area contributed by atoms with Crippen LogP contribution in [0.25, 0.3) is 0 Å². The topological polar surface area (TPSA) is 79.2 Å². The smallest absolute Gasteiger partial charge is 0.338 e. The molecule has 2 rings (SSSR count). The summed E-state index contributed by atoms with van der Waals surface area (Å²) in [7, 11) is 3.50. The number of aliphatic hydroxyl groups is 2. The summed E-state index contributed by atoms with van der Waals surface area (Å²) < 4.78 is 10.7. The molecule has 0 bridgehead atoms. The Morgan fingerprint density at radius 1 is 1.24 bits per heavy atom. The van der Waals surface area contributed by atoms with Gasteiger partial charge in [0, 0.05) is 0 Å². The third kappa shape index (κ3) is 3.41. The Morgan fingerprint density at radius 3 is 2.43 bits per heavy atom. The number of nitrogens with zero attached hydrogens (tertiary/aromatic N) is 1. The van der Waals surface area contributed by atoms with Gasteiger partial charge in [-0.1, -0.05) is 18.2 Å². The highest BCUT2D eigenvalue weighted by Gasteiger charge is 2.46. The summed E-state index contributed by atoms with van der Waals surface area (Å²) in [5.41, 5.74) is 0.433. The van der Waals surface area contributed by atoms with Crippen LogP contribution in [0.3, 0.4) is 0 Å². The van der Waals surface area contributed by atoms with Crippen LogP contribution in [0.15, 0.2) is 30.3 Å². The lowest BCUT2D eigenvalue weighted by molar-refractivity contribution is -0.262. The molecule has 0 amide bonds. The van der Waals surface area contributed by atoms with Crippen LogP contribution < -0.4 is 0 Å². The Hall–Kier alpha value is -1.47. The molecule has 0 aromatic heterocycles. The number of hydrogen-bond acceptors (Lipinski definition) is 6. The first-order chi connectivity index (χ1) is 9.91. The lowest BCUT2D eigenvalue weighted by Gasteiger charge is -2.44. The molecule has 5 atom stereocenters. The fraction of sp³-hybridized carbons (Fsp3) is 0.533. The van der Waals surface area contributed by atoms with Crippen LogP contribution in [0.4, 0.5) is 0 Å². The Kier molecular flexibility index (Phi) is 4.95.